The number of nitrogens with zero attached hydrogens (tertiary/aromatic N) is 2. The molecular weight excluding hydrogens is 697 g/mol. The minimum Gasteiger partial charge on any atom is -0.481 e. The number of amides is 2. The fourth-order valence-corrected chi connectivity index (χ4v) is 7.50. The molecule has 2 aromatic carbocycles. The molecule has 2 fully saturated rings. The molecular formula is C37H36Cl3N7O3. The van der Waals surface area contributed by atoms with E-state index < -0.39 is 0 Å². The summed E-state index contributed by atoms with van der Waals surface area (Å²) in [5, 5.41) is 15.2. The first-order valence-corrected chi connectivity index (χ1v) is 17.7. The summed E-state index contributed by atoms with van der Waals surface area (Å²) in [5.74, 6) is 0.690. The lowest BCUT2D eigenvalue weighted by Gasteiger charge is -2.15. The van der Waals surface area contributed by atoms with Crippen LogP contribution in [0.2, 0.25) is 15.1 Å². The molecule has 0 unspecified atom stereocenters. The SMILES string of the molecule is COc1nc(-c2cccc(-c3cccc(-c4ccc5c(Cl)c(CNC[C@H]6CCC(=O)N6)[nH]c5n4)c3Cl)c2Cl)ccc1CNC[C@@H]1CCC(=O)N1. The van der Waals surface area contributed by atoms with Crippen molar-refractivity contribution in [3.63, 3.8) is 0 Å². The Morgan fingerprint density at radius 3 is 1.86 bits per heavy atom. The molecule has 0 aliphatic carbocycles. The summed E-state index contributed by atoms with van der Waals surface area (Å²) in [5.41, 5.74) is 6.76. The number of carbonyl (C=O) groups excluding carboxylic acids is 2. The molecule has 2 aliphatic rings. The van der Waals surface area contributed by atoms with Crippen molar-refractivity contribution in [1.29, 1.82) is 0 Å². The lowest BCUT2D eigenvalue weighted by atomic mass is 9.98. The lowest BCUT2D eigenvalue weighted by molar-refractivity contribution is -0.120. The van der Waals surface area contributed by atoms with E-state index in [0.717, 1.165) is 51.7 Å². The molecule has 2 saturated heterocycles. The third kappa shape index (κ3) is 7.17. The van der Waals surface area contributed by atoms with E-state index in [0.29, 0.717) is 77.0 Å². The van der Waals surface area contributed by atoms with Crippen molar-refractivity contribution in [2.24, 2.45) is 0 Å². The summed E-state index contributed by atoms with van der Waals surface area (Å²) < 4.78 is 5.65. The van der Waals surface area contributed by atoms with Gasteiger partial charge in [-0.3, -0.25) is 9.59 Å². The minimum atomic E-state index is 0.0935. The molecule has 7 rings (SSSR count). The van der Waals surface area contributed by atoms with E-state index in [1.54, 1.807) is 7.11 Å². The fraction of sp³-hybridized carbons (Fsp3) is 0.297. The molecule has 5 N–H and O–H groups in total. The second-order valence-electron chi connectivity index (χ2n) is 12.6. The molecule has 2 aliphatic heterocycles. The number of H-pyrrole nitrogens is 1. The van der Waals surface area contributed by atoms with Crippen LogP contribution >= 0.6 is 34.8 Å². The van der Waals surface area contributed by atoms with E-state index >= 15 is 0 Å². The highest BCUT2D eigenvalue weighted by Crippen LogP contribution is 2.42. The van der Waals surface area contributed by atoms with Crippen LogP contribution in [-0.4, -0.2) is 59.0 Å². The number of aromatic amines is 1. The maximum Gasteiger partial charge on any atom is 0.220 e. The smallest absolute Gasteiger partial charge is 0.220 e. The largest absolute Gasteiger partial charge is 0.481 e. The molecule has 0 bridgehead atoms. The van der Waals surface area contributed by atoms with Crippen LogP contribution in [0.25, 0.3) is 44.7 Å². The minimum absolute atomic E-state index is 0.0935. The van der Waals surface area contributed by atoms with Crippen LogP contribution in [0.5, 0.6) is 5.88 Å². The third-order valence-corrected chi connectivity index (χ3v) is 10.5. The van der Waals surface area contributed by atoms with Gasteiger partial charge in [0, 0.05) is 90.0 Å². The predicted octanol–water partition coefficient (Wildman–Crippen LogP) is 6.66. The fourth-order valence-electron chi connectivity index (χ4n) is 6.58. The van der Waals surface area contributed by atoms with E-state index in [-0.39, 0.29) is 23.9 Å². The molecule has 2 atom stereocenters. The van der Waals surface area contributed by atoms with Crippen molar-refractivity contribution in [3.05, 3.63) is 87.0 Å². The molecule has 0 saturated carbocycles. The first kappa shape index (κ1) is 34.3. The molecule has 50 heavy (non-hydrogen) atoms. The lowest BCUT2D eigenvalue weighted by Crippen LogP contribution is -2.35. The number of hydrogen-bond donors (Lipinski definition) is 5. The Bertz CT molecular complexity index is 2090. The number of aromatic nitrogens is 3. The van der Waals surface area contributed by atoms with Gasteiger partial charge >= 0.3 is 0 Å². The van der Waals surface area contributed by atoms with Gasteiger partial charge in [-0.2, -0.15) is 0 Å². The van der Waals surface area contributed by atoms with Crippen molar-refractivity contribution in [2.45, 2.75) is 50.9 Å². The van der Waals surface area contributed by atoms with Gasteiger partial charge in [-0.25, -0.2) is 9.97 Å². The van der Waals surface area contributed by atoms with Crippen molar-refractivity contribution < 1.29 is 14.3 Å². The summed E-state index contributed by atoms with van der Waals surface area (Å²) in [6.07, 6.45) is 2.80. The molecule has 258 valence electrons. The molecule has 2 amide bonds. The maximum atomic E-state index is 11.5. The number of halogens is 3. The molecule has 5 heterocycles. The number of hydrogen-bond acceptors (Lipinski definition) is 7. The topological polar surface area (TPSA) is 133 Å². The summed E-state index contributed by atoms with van der Waals surface area (Å²) >= 11 is 20.9. The van der Waals surface area contributed by atoms with Crippen molar-refractivity contribution in [1.82, 2.24) is 36.2 Å². The summed E-state index contributed by atoms with van der Waals surface area (Å²) in [4.78, 5) is 36.1. The summed E-state index contributed by atoms with van der Waals surface area (Å²) in [7, 11) is 1.60. The normalized spacial score (nSPS) is 17.4. The highest BCUT2D eigenvalue weighted by atomic mass is 35.5. The first-order valence-electron chi connectivity index (χ1n) is 16.6. The number of rotatable bonds is 12. The number of carbonyl (C=O) groups is 2. The third-order valence-electron chi connectivity index (χ3n) is 9.21. The second kappa shape index (κ2) is 15.0. The first-order chi connectivity index (χ1) is 24.3. The average molecular weight is 733 g/mol. The molecule has 3 aromatic heterocycles. The molecule has 0 radical (unpaired) electrons. The molecule has 0 spiro atoms. The van der Waals surface area contributed by atoms with Gasteiger partial charge in [0.2, 0.25) is 17.7 Å². The number of pyridine rings is 2. The molecule has 5 aromatic rings. The van der Waals surface area contributed by atoms with E-state index in [9.17, 15) is 9.59 Å². The van der Waals surface area contributed by atoms with E-state index in [4.69, 9.17) is 49.5 Å². The van der Waals surface area contributed by atoms with Crippen LogP contribution < -0.4 is 26.0 Å². The van der Waals surface area contributed by atoms with E-state index in [1.165, 1.54) is 0 Å². The van der Waals surface area contributed by atoms with Gasteiger partial charge < -0.3 is 31.0 Å². The zero-order chi connectivity index (χ0) is 34.8. The van der Waals surface area contributed by atoms with Crippen molar-refractivity contribution in [3.8, 4) is 39.5 Å². The number of benzene rings is 2. The number of fused-ring (bicyclic) bond motifs is 1. The van der Waals surface area contributed by atoms with E-state index in [2.05, 4.69) is 26.3 Å². The van der Waals surface area contributed by atoms with Crippen LogP contribution in [0.3, 0.4) is 0 Å². The van der Waals surface area contributed by atoms with Gasteiger partial charge in [0.25, 0.3) is 0 Å². The van der Waals surface area contributed by atoms with Crippen LogP contribution in [0.4, 0.5) is 0 Å². The summed E-state index contributed by atoms with van der Waals surface area (Å²) in [6.45, 7) is 2.41. The Kier molecular flexibility index (Phi) is 10.3. The van der Waals surface area contributed by atoms with Crippen LogP contribution in [0, 0.1) is 0 Å². The predicted molar refractivity (Wildman–Crippen MR) is 198 cm³/mol. The second-order valence-corrected chi connectivity index (χ2v) is 13.7. The standard InChI is InChI=1S/C37H36Cl3N7O3/c1-50-37-20(16-41-17-21-9-14-31(48)43-21)8-12-29(47-37)26-7-3-5-24(34(26)39)23-4-2-6-25(33(23)38)28-13-11-27-35(40)30(46-36(27)45-28)19-42-18-22-10-15-32(49)44-22/h2-8,11-13,21-22,41-42H,9-10,14-19H2,1H3,(H,43,48)(H,44,49)(H,45,46)/t21-,22+/m0/s1. The Morgan fingerprint density at radius 1 is 0.720 bits per heavy atom. The molecule has 13 heteroatoms. The Balaban J connectivity index is 1.10. The average Bonchev–Trinajstić information content (AvgIpc) is 3.82. The number of ether oxygens (including phenoxy) is 1. The Hall–Kier alpha value is -4.19. The van der Waals surface area contributed by atoms with Crippen LogP contribution in [0.1, 0.15) is 36.9 Å². The van der Waals surface area contributed by atoms with Gasteiger partial charge in [0.05, 0.1) is 33.6 Å². The van der Waals surface area contributed by atoms with Crippen LogP contribution in [-0.2, 0) is 22.7 Å². The van der Waals surface area contributed by atoms with Gasteiger partial charge in [0.15, 0.2) is 0 Å². The van der Waals surface area contributed by atoms with Gasteiger partial charge in [-0.15, -0.1) is 0 Å². The highest BCUT2D eigenvalue weighted by Gasteiger charge is 2.22. The van der Waals surface area contributed by atoms with Gasteiger partial charge in [0.1, 0.15) is 5.65 Å². The molecule has 10 nitrogen and oxygen atoms in total. The summed E-state index contributed by atoms with van der Waals surface area (Å²) in [6, 6.07) is 19.6. The van der Waals surface area contributed by atoms with Crippen molar-refractivity contribution >= 4 is 57.7 Å². The zero-order valence-electron chi connectivity index (χ0n) is 27.3. The Morgan fingerprint density at radius 2 is 1.28 bits per heavy atom. The zero-order valence-corrected chi connectivity index (χ0v) is 29.6. The quantitative estimate of drug-likeness (QED) is 0.0969. The van der Waals surface area contributed by atoms with Gasteiger partial charge in [-0.05, 0) is 31.0 Å². The van der Waals surface area contributed by atoms with E-state index in [1.807, 2.05) is 60.7 Å². The van der Waals surface area contributed by atoms with Crippen molar-refractivity contribution in [2.75, 3.05) is 20.2 Å². The monoisotopic (exact) mass is 731 g/mol. The van der Waals surface area contributed by atoms with Gasteiger partial charge in [-0.1, -0.05) is 77.3 Å². The number of methoxy groups -OCH3 is 1. The maximum absolute atomic E-state index is 11.5. The van der Waals surface area contributed by atoms with Crippen LogP contribution in [0.15, 0.2) is 60.7 Å². The highest BCUT2D eigenvalue weighted by molar-refractivity contribution is 6.39. The number of nitrogens with one attached hydrogen (secondary N) is 5. The Labute approximate surface area is 304 Å².